The molecule has 2 heterocycles. The average Bonchev–Trinajstić information content (AvgIpc) is 2.52. The summed E-state index contributed by atoms with van der Waals surface area (Å²) >= 11 is 5.28. The molecule has 1 aromatic heterocycles. The number of anilines is 1. The predicted molar refractivity (Wildman–Crippen MR) is 51.5 cm³/mol. The third kappa shape index (κ3) is 1.67. The van der Waals surface area contributed by atoms with Crippen LogP contribution in [0.2, 0.25) is 5.15 Å². The van der Waals surface area contributed by atoms with Crippen molar-refractivity contribution in [2.45, 2.75) is 25.2 Å². The molecule has 0 fully saturated rings. The molecule has 1 aromatic rings. The topological polar surface area (TPSA) is 46.9 Å². The zero-order valence-corrected chi connectivity index (χ0v) is 9.16. The lowest BCUT2D eigenvalue weighted by Crippen LogP contribution is -2.48. The van der Waals surface area contributed by atoms with Crippen molar-refractivity contribution >= 4 is 17.5 Å². The van der Waals surface area contributed by atoms with E-state index in [1.165, 1.54) is 0 Å². The van der Waals surface area contributed by atoms with Gasteiger partial charge >= 0.3 is 6.18 Å². The maximum Gasteiger partial charge on any atom is 0.412 e. The van der Waals surface area contributed by atoms with Crippen molar-refractivity contribution in [1.82, 2.24) is 9.55 Å². The normalized spacial score (nSPS) is 23.4. The molecule has 0 aliphatic carbocycles. The van der Waals surface area contributed by atoms with E-state index in [0.717, 1.165) is 6.92 Å². The van der Waals surface area contributed by atoms with Crippen LogP contribution in [0.5, 0.6) is 0 Å². The summed E-state index contributed by atoms with van der Waals surface area (Å²) in [6, 6.07) is 0. The minimum absolute atomic E-state index is 0.388. The molecule has 0 bridgehead atoms. The predicted octanol–water partition coefficient (Wildman–Crippen LogP) is 1.78. The van der Waals surface area contributed by atoms with E-state index >= 15 is 0 Å². The van der Waals surface area contributed by atoms with Gasteiger partial charge in [-0.1, -0.05) is 11.6 Å². The second-order valence-corrected chi connectivity index (χ2v) is 4.24. The Morgan fingerprint density at radius 1 is 1.53 bits per heavy atom. The molecule has 0 aromatic carbocycles. The monoisotopic (exact) mass is 271 g/mol. The molecule has 0 saturated heterocycles. The molecule has 17 heavy (non-hydrogen) atoms. The first-order chi connectivity index (χ1) is 7.66. The first-order valence-corrected chi connectivity index (χ1v) is 4.84. The molecule has 94 valence electrons. The molecule has 1 N–H and O–H groups in total. The Hall–Kier alpha value is -1.31. The van der Waals surface area contributed by atoms with E-state index in [0.29, 0.717) is 4.57 Å². The Morgan fingerprint density at radius 2 is 2.12 bits per heavy atom. The third-order valence-corrected chi connectivity index (χ3v) is 2.81. The maximum absolute atomic E-state index is 13.1. The van der Waals surface area contributed by atoms with Crippen LogP contribution in [0.25, 0.3) is 0 Å². The standard InChI is InChI=1S/C8H6ClF4N3O/c1-7(8(11,12)13)2-16-5(17)3(10)4(9)14-6(16)15-7/h2H2,1H3,(H,14,15)/t7-/m1/s1. The first-order valence-electron chi connectivity index (χ1n) is 4.46. The number of rotatable bonds is 0. The van der Waals surface area contributed by atoms with Gasteiger partial charge in [-0.15, -0.1) is 0 Å². The van der Waals surface area contributed by atoms with E-state index in [-0.39, 0.29) is 5.95 Å². The number of aromatic nitrogens is 2. The lowest BCUT2D eigenvalue weighted by Gasteiger charge is -2.26. The van der Waals surface area contributed by atoms with Gasteiger partial charge in [0, 0.05) is 0 Å². The summed E-state index contributed by atoms with van der Waals surface area (Å²) in [5, 5.41) is 1.29. The molecule has 2 rings (SSSR count). The van der Waals surface area contributed by atoms with Crippen molar-refractivity contribution in [3.05, 3.63) is 21.3 Å². The minimum atomic E-state index is -4.60. The van der Waals surface area contributed by atoms with E-state index in [9.17, 15) is 22.4 Å². The highest BCUT2D eigenvalue weighted by Gasteiger charge is 2.55. The van der Waals surface area contributed by atoms with Crippen LogP contribution >= 0.6 is 11.6 Å². The number of hydrogen-bond donors (Lipinski definition) is 1. The highest BCUT2D eigenvalue weighted by molar-refractivity contribution is 6.29. The SMILES string of the molecule is C[C@]1(C(F)(F)F)Cn2c(nc(Cl)c(F)c2=O)N1. The van der Waals surface area contributed by atoms with Gasteiger partial charge in [-0.3, -0.25) is 9.36 Å². The fourth-order valence-corrected chi connectivity index (χ4v) is 1.67. The lowest BCUT2D eigenvalue weighted by molar-refractivity contribution is -0.174. The van der Waals surface area contributed by atoms with Gasteiger partial charge in [0.15, 0.2) is 10.7 Å². The molecule has 0 saturated carbocycles. The zero-order chi connectivity index (χ0) is 13.0. The average molecular weight is 272 g/mol. The fourth-order valence-electron chi connectivity index (χ4n) is 1.51. The second kappa shape index (κ2) is 3.34. The van der Waals surface area contributed by atoms with Gasteiger partial charge in [0.05, 0.1) is 6.54 Å². The highest BCUT2D eigenvalue weighted by atomic mass is 35.5. The van der Waals surface area contributed by atoms with Gasteiger partial charge in [0.25, 0.3) is 5.56 Å². The summed E-state index contributed by atoms with van der Waals surface area (Å²) in [6.07, 6.45) is -4.60. The molecule has 0 spiro atoms. The van der Waals surface area contributed by atoms with Crippen molar-refractivity contribution in [2.75, 3.05) is 5.32 Å². The van der Waals surface area contributed by atoms with E-state index in [4.69, 9.17) is 11.6 Å². The molecule has 4 nitrogen and oxygen atoms in total. The van der Waals surface area contributed by atoms with Crippen LogP contribution in [0.15, 0.2) is 4.79 Å². The van der Waals surface area contributed by atoms with Crippen LogP contribution in [-0.2, 0) is 6.54 Å². The number of fused-ring (bicyclic) bond motifs is 1. The number of nitrogens with one attached hydrogen (secondary N) is 1. The van der Waals surface area contributed by atoms with Gasteiger partial charge < -0.3 is 5.32 Å². The number of hydrogen-bond acceptors (Lipinski definition) is 3. The molecule has 0 radical (unpaired) electrons. The quantitative estimate of drug-likeness (QED) is 0.578. The Balaban J connectivity index is 2.55. The van der Waals surface area contributed by atoms with Crippen molar-refractivity contribution in [3.63, 3.8) is 0 Å². The molecular weight excluding hydrogens is 266 g/mol. The fraction of sp³-hybridized carbons (Fsp3) is 0.500. The maximum atomic E-state index is 13.1. The Bertz CT molecular complexity index is 541. The molecule has 9 heteroatoms. The first kappa shape index (κ1) is 12.2. The highest BCUT2D eigenvalue weighted by Crippen LogP contribution is 2.38. The summed E-state index contributed by atoms with van der Waals surface area (Å²) in [7, 11) is 0. The van der Waals surface area contributed by atoms with Crippen LogP contribution in [0.4, 0.5) is 23.5 Å². The van der Waals surface area contributed by atoms with E-state index < -0.39 is 34.8 Å². The molecule has 1 aliphatic rings. The molecular formula is C8H6ClF4N3O. The Labute approximate surface area is 97.2 Å². The molecule has 0 unspecified atom stereocenters. The van der Waals surface area contributed by atoms with Gasteiger partial charge in [-0.05, 0) is 6.92 Å². The van der Waals surface area contributed by atoms with Crippen LogP contribution in [0.3, 0.4) is 0 Å². The molecule has 1 aliphatic heterocycles. The summed E-state index contributed by atoms with van der Waals surface area (Å²) in [5.41, 5.74) is -3.58. The summed E-state index contributed by atoms with van der Waals surface area (Å²) in [4.78, 5) is 14.7. The van der Waals surface area contributed by atoms with Crippen LogP contribution < -0.4 is 10.9 Å². The second-order valence-electron chi connectivity index (χ2n) is 3.89. The lowest BCUT2D eigenvalue weighted by atomic mass is 10.0. The van der Waals surface area contributed by atoms with Crippen LogP contribution in [-0.4, -0.2) is 21.3 Å². The zero-order valence-electron chi connectivity index (χ0n) is 8.40. The number of alkyl halides is 3. The van der Waals surface area contributed by atoms with E-state index in [1.54, 1.807) is 0 Å². The van der Waals surface area contributed by atoms with Crippen LogP contribution in [0, 0.1) is 5.82 Å². The van der Waals surface area contributed by atoms with Gasteiger partial charge in [-0.25, -0.2) is 0 Å². The van der Waals surface area contributed by atoms with Crippen molar-refractivity contribution < 1.29 is 17.6 Å². The smallest absolute Gasteiger partial charge is 0.340 e. The van der Waals surface area contributed by atoms with Gasteiger partial charge in [0.1, 0.15) is 0 Å². The van der Waals surface area contributed by atoms with E-state index in [2.05, 4.69) is 4.98 Å². The summed E-state index contributed by atoms with van der Waals surface area (Å²) in [5.74, 6) is -1.75. The van der Waals surface area contributed by atoms with Crippen molar-refractivity contribution in [1.29, 1.82) is 0 Å². The van der Waals surface area contributed by atoms with E-state index in [1.807, 2.05) is 5.32 Å². The van der Waals surface area contributed by atoms with Crippen LogP contribution in [0.1, 0.15) is 6.92 Å². The van der Waals surface area contributed by atoms with Gasteiger partial charge in [0.2, 0.25) is 11.8 Å². The largest absolute Gasteiger partial charge is 0.412 e. The number of halogens is 5. The Kier molecular flexibility index (Phi) is 2.39. The summed E-state index contributed by atoms with van der Waals surface area (Å²) in [6.45, 7) is 0.110. The van der Waals surface area contributed by atoms with Crippen molar-refractivity contribution in [2.24, 2.45) is 0 Å². The summed E-state index contributed by atoms with van der Waals surface area (Å²) < 4.78 is 51.8. The molecule has 1 atom stereocenters. The minimum Gasteiger partial charge on any atom is -0.340 e. The third-order valence-electron chi connectivity index (χ3n) is 2.56. The Morgan fingerprint density at radius 3 is 2.65 bits per heavy atom. The molecule has 0 amide bonds. The van der Waals surface area contributed by atoms with Gasteiger partial charge in [-0.2, -0.15) is 22.5 Å². The van der Waals surface area contributed by atoms with Crippen molar-refractivity contribution in [3.8, 4) is 0 Å². The number of nitrogens with zero attached hydrogens (tertiary/aromatic N) is 2.